The largest absolute Gasteiger partial charge is 0.350 e. The lowest BCUT2D eigenvalue weighted by molar-refractivity contribution is -0.121. The number of fused-ring (bicyclic) bond motifs is 1. The number of benzene rings is 2. The van der Waals surface area contributed by atoms with Gasteiger partial charge in [-0.3, -0.25) is 14.2 Å². The van der Waals surface area contributed by atoms with E-state index < -0.39 is 0 Å². The number of hydrogen-bond acceptors (Lipinski definition) is 4. The lowest BCUT2D eigenvalue weighted by Crippen LogP contribution is -2.32. The molecule has 0 fully saturated rings. The fourth-order valence-electron chi connectivity index (χ4n) is 2.97. The van der Waals surface area contributed by atoms with Gasteiger partial charge < -0.3 is 5.32 Å². The van der Waals surface area contributed by atoms with Gasteiger partial charge in [0, 0.05) is 22.5 Å². The minimum Gasteiger partial charge on any atom is -0.350 e. The summed E-state index contributed by atoms with van der Waals surface area (Å²) < 4.78 is 1.34. The number of carbonyl (C=O) groups is 1. The number of hydrogen-bond donors (Lipinski definition) is 1. The van der Waals surface area contributed by atoms with Crippen molar-refractivity contribution in [2.24, 2.45) is 0 Å². The molecule has 140 valence electrons. The minimum atomic E-state index is -0.264. The fourth-order valence-corrected chi connectivity index (χ4v) is 4.09. The molecule has 5 nitrogen and oxygen atoms in total. The van der Waals surface area contributed by atoms with Gasteiger partial charge in [0.25, 0.3) is 5.56 Å². The molecular formula is C21H16ClN3O2S. The maximum Gasteiger partial charge on any atom is 0.263 e. The van der Waals surface area contributed by atoms with Gasteiger partial charge in [0.2, 0.25) is 5.91 Å². The standard InChI is InChI=1S/C21H16ClN3O2S/c22-16-8-4-5-14(9-16)10-23-18(26)11-25-13-24-20-19(21(25)27)17(12-28-20)15-6-2-1-3-7-15/h1-9,12-13H,10-11H2,(H,23,26). The zero-order chi connectivity index (χ0) is 19.5. The number of halogens is 1. The SMILES string of the molecule is O=C(Cn1cnc2scc(-c3ccccc3)c2c1=O)NCc1cccc(Cl)c1. The van der Waals surface area contributed by atoms with Gasteiger partial charge in [-0.25, -0.2) is 4.98 Å². The van der Waals surface area contributed by atoms with Gasteiger partial charge in [-0.1, -0.05) is 54.1 Å². The monoisotopic (exact) mass is 409 g/mol. The predicted octanol–water partition coefficient (Wildman–Crippen LogP) is 4.09. The summed E-state index contributed by atoms with van der Waals surface area (Å²) in [6, 6.07) is 17.0. The summed E-state index contributed by atoms with van der Waals surface area (Å²) in [5.74, 6) is -0.264. The third-order valence-electron chi connectivity index (χ3n) is 4.34. The summed E-state index contributed by atoms with van der Waals surface area (Å²) in [5.41, 5.74) is 2.47. The first-order valence-corrected chi connectivity index (χ1v) is 9.91. The van der Waals surface area contributed by atoms with E-state index >= 15 is 0 Å². The molecule has 0 atom stereocenters. The fraction of sp³-hybridized carbons (Fsp3) is 0.0952. The van der Waals surface area contributed by atoms with Crippen LogP contribution in [0.2, 0.25) is 5.02 Å². The number of nitrogens with zero attached hydrogens (tertiary/aromatic N) is 2. The van der Waals surface area contributed by atoms with Crippen LogP contribution in [0.1, 0.15) is 5.56 Å². The zero-order valence-corrected chi connectivity index (χ0v) is 16.3. The molecule has 0 saturated heterocycles. The molecule has 4 aromatic rings. The Bertz CT molecular complexity index is 1200. The third-order valence-corrected chi connectivity index (χ3v) is 5.46. The van der Waals surface area contributed by atoms with Gasteiger partial charge >= 0.3 is 0 Å². The first-order chi connectivity index (χ1) is 13.6. The van der Waals surface area contributed by atoms with E-state index in [4.69, 9.17) is 11.6 Å². The Morgan fingerprint density at radius 3 is 2.75 bits per heavy atom. The quantitative estimate of drug-likeness (QED) is 0.539. The van der Waals surface area contributed by atoms with Crippen LogP contribution < -0.4 is 10.9 Å². The van der Waals surface area contributed by atoms with Crippen LogP contribution in [0.3, 0.4) is 0 Å². The second-order valence-corrected chi connectivity index (χ2v) is 7.57. The maximum absolute atomic E-state index is 13.0. The highest BCUT2D eigenvalue weighted by Crippen LogP contribution is 2.30. The van der Waals surface area contributed by atoms with Gasteiger partial charge in [0.15, 0.2) is 0 Å². The Kier molecular flexibility index (Phi) is 5.23. The molecule has 0 bridgehead atoms. The molecular weight excluding hydrogens is 394 g/mol. The first kappa shape index (κ1) is 18.4. The molecule has 0 aliphatic carbocycles. The number of nitrogens with one attached hydrogen (secondary N) is 1. The van der Waals surface area contributed by atoms with Crippen molar-refractivity contribution in [1.29, 1.82) is 0 Å². The molecule has 28 heavy (non-hydrogen) atoms. The topological polar surface area (TPSA) is 64.0 Å². The average molecular weight is 410 g/mol. The molecule has 0 aliphatic heterocycles. The van der Waals surface area contributed by atoms with Crippen LogP contribution in [0.4, 0.5) is 0 Å². The molecule has 0 unspecified atom stereocenters. The molecule has 1 N–H and O–H groups in total. The molecule has 0 radical (unpaired) electrons. The van der Waals surface area contributed by atoms with E-state index in [0.29, 0.717) is 21.8 Å². The van der Waals surface area contributed by atoms with Crippen LogP contribution >= 0.6 is 22.9 Å². The summed E-state index contributed by atoms with van der Waals surface area (Å²) in [4.78, 5) is 30.3. The second-order valence-electron chi connectivity index (χ2n) is 6.28. The predicted molar refractivity (Wildman–Crippen MR) is 113 cm³/mol. The molecule has 2 heterocycles. The van der Waals surface area contributed by atoms with E-state index in [1.807, 2.05) is 47.8 Å². The highest BCUT2D eigenvalue weighted by molar-refractivity contribution is 7.17. The van der Waals surface area contributed by atoms with Crippen LogP contribution in [0.25, 0.3) is 21.3 Å². The van der Waals surface area contributed by atoms with Gasteiger partial charge in [-0.05, 0) is 23.3 Å². The molecule has 7 heteroatoms. The number of amides is 1. The van der Waals surface area contributed by atoms with E-state index in [1.54, 1.807) is 12.1 Å². The third kappa shape index (κ3) is 3.83. The summed E-state index contributed by atoms with van der Waals surface area (Å²) in [7, 11) is 0. The van der Waals surface area contributed by atoms with Crippen molar-refractivity contribution in [2.75, 3.05) is 0 Å². The highest BCUT2D eigenvalue weighted by Gasteiger charge is 2.14. The van der Waals surface area contributed by atoms with Crippen molar-refractivity contribution in [3.8, 4) is 11.1 Å². The Morgan fingerprint density at radius 2 is 1.96 bits per heavy atom. The molecule has 2 aromatic heterocycles. The van der Waals surface area contributed by atoms with E-state index in [9.17, 15) is 9.59 Å². The summed E-state index contributed by atoms with van der Waals surface area (Å²) in [6.07, 6.45) is 1.43. The van der Waals surface area contributed by atoms with E-state index in [-0.39, 0.29) is 18.0 Å². The molecule has 0 spiro atoms. The summed E-state index contributed by atoms with van der Waals surface area (Å²) >= 11 is 7.38. The van der Waals surface area contributed by atoms with Gasteiger partial charge in [-0.2, -0.15) is 0 Å². The Balaban J connectivity index is 1.56. The number of thiophene rings is 1. The zero-order valence-electron chi connectivity index (χ0n) is 14.8. The summed E-state index contributed by atoms with van der Waals surface area (Å²) in [5, 5.41) is 5.89. The minimum absolute atomic E-state index is 0.0909. The van der Waals surface area contributed by atoms with Crippen molar-refractivity contribution >= 4 is 39.1 Å². The van der Waals surface area contributed by atoms with Crippen LogP contribution in [-0.2, 0) is 17.9 Å². The first-order valence-electron chi connectivity index (χ1n) is 8.65. The van der Waals surface area contributed by atoms with E-state index in [2.05, 4.69) is 10.3 Å². The summed E-state index contributed by atoms with van der Waals surface area (Å²) in [6.45, 7) is 0.254. The highest BCUT2D eigenvalue weighted by atomic mass is 35.5. The molecule has 2 aromatic carbocycles. The van der Waals surface area contributed by atoms with Crippen molar-refractivity contribution in [1.82, 2.24) is 14.9 Å². The lowest BCUT2D eigenvalue weighted by atomic mass is 10.1. The van der Waals surface area contributed by atoms with Crippen LogP contribution in [0.5, 0.6) is 0 Å². The normalized spacial score (nSPS) is 10.9. The Hall–Kier alpha value is -2.96. The molecule has 0 aliphatic rings. The average Bonchev–Trinajstić information content (AvgIpc) is 3.14. The van der Waals surface area contributed by atoms with Crippen LogP contribution in [-0.4, -0.2) is 15.5 Å². The number of rotatable bonds is 5. The van der Waals surface area contributed by atoms with Crippen molar-refractivity contribution in [3.63, 3.8) is 0 Å². The Morgan fingerprint density at radius 1 is 1.14 bits per heavy atom. The number of carbonyl (C=O) groups excluding carboxylic acids is 1. The smallest absolute Gasteiger partial charge is 0.263 e. The molecule has 0 saturated carbocycles. The maximum atomic E-state index is 13.0. The van der Waals surface area contributed by atoms with Crippen molar-refractivity contribution in [3.05, 3.63) is 87.2 Å². The van der Waals surface area contributed by atoms with E-state index in [1.165, 1.54) is 22.2 Å². The van der Waals surface area contributed by atoms with Gasteiger partial charge in [0.05, 0.1) is 11.7 Å². The van der Waals surface area contributed by atoms with Gasteiger partial charge in [0.1, 0.15) is 11.4 Å². The van der Waals surface area contributed by atoms with Crippen LogP contribution in [0.15, 0.2) is 71.1 Å². The van der Waals surface area contributed by atoms with Crippen molar-refractivity contribution < 1.29 is 4.79 Å². The van der Waals surface area contributed by atoms with Gasteiger partial charge in [-0.15, -0.1) is 11.3 Å². The van der Waals surface area contributed by atoms with Crippen molar-refractivity contribution in [2.45, 2.75) is 13.1 Å². The number of aromatic nitrogens is 2. The molecule has 1 amide bonds. The van der Waals surface area contributed by atoms with E-state index in [0.717, 1.165) is 16.7 Å². The Labute approximate surface area is 170 Å². The lowest BCUT2D eigenvalue weighted by Gasteiger charge is -2.08. The molecule has 4 rings (SSSR count). The van der Waals surface area contributed by atoms with Crippen LogP contribution in [0, 0.1) is 0 Å². The second kappa shape index (κ2) is 7.96.